The number of carbonyl (C=O) groups is 2. The van der Waals surface area contributed by atoms with Gasteiger partial charge in [0.1, 0.15) is 0 Å². The molecule has 9 heteroatoms. The Labute approximate surface area is 172 Å². The zero-order valence-electron chi connectivity index (χ0n) is 16.4. The molecule has 3 heterocycles. The van der Waals surface area contributed by atoms with Gasteiger partial charge in [-0.3, -0.25) is 14.9 Å². The molecule has 1 atom stereocenters. The van der Waals surface area contributed by atoms with E-state index in [0.29, 0.717) is 34.6 Å². The highest BCUT2D eigenvalue weighted by atomic mass is 16.2. The molecule has 3 N–H and O–H groups in total. The van der Waals surface area contributed by atoms with E-state index in [2.05, 4.69) is 37.9 Å². The van der Waals surface area contributed by atoms with Crippen LogP contribution < -0.4 is 16.0 Å². The largest absolute Gasteiger partial charge is 0.351 e. The van der Waals surface area contributed by atoms with Gasteiger partial charge in [-0.2, -0.15) is 19.6 Å². The molecule has 2 fully saturated rings. The van der Waals surface area contributed by atoms with E-state index < -0.39 is 0 Å². The Balaban J connectivity index is 1.57. The lowest BCUT2D eigenvalue weighted by molar-refractivity contribution is -0.124. The molecule has 152 valence electrons. The Kier molecular flexibility index (Phi) is 4.42. The highest BCUT2D eigenvalue weighted by Gasteiger charge is 2.29. The third-order valence-electron chi connectivity index (χ3n) is 5.34. The molecule has 3 aromatic rings. The van der Waals surface area contributed by atoms with Gasteiger partial charge in [-0.15, -0.1) is 0 Å². The van der Waals surface area contributed by atoms with Crippen molar-refractivity contribution in [1.82, 2.24) is 24.9 Å². The zero-order chi connectivity index (χ0) is 20.7. The fraction of sp³-hybridized carbons (Fsp3) is 0.286. The van der Waals surface area contributed by atoms with E-state index in [4.69, 9.17) is 0 Å². The highest BCUT2D eigenvalue weighted by molar-refractivity contribution is 6.15. The number of anilines is 3. The van der Waals surface area contributed by atoms with Gasteiger partial charge < -0.3 is 10.6 Å². The maximum Gasteiger partial charge on any atom is 0.254 e. The minimum absolute atomic E-state index is 0.0558. The van der Waals surface area contributed by atoms with Crippen molar-refractivity contribution in [1.29, 1.82) is 0 Å². The van der Waals surface area contributed by atoms with E-state index in [-0.39, 0.29) is 24.3 Å². The van der Waals surface area contributed by atoms with Crippen molar-refractivity contribution >= 4 is 41.1 Å². The number of rotatable bonds is 6. The first kappa shape index (κ1) is 18.3. The number of aromatic nitrogens is 4. The second kappa shape index (κ2) is 7.25. The van der Waals surface area contributed by atoms with Crippen LogP contribution in [0.25, 0.3) is 11.7 Å². The van der Waals surface area contributed by atoms with Crippen molar-refractivity contribution in [3.05, 3.63) is 47.7 Å². The molecule has 2 amide bonds. The average molecular weight is 403 g/mol. The second-order valence-corrected chi connectivity index (χ2v) is 7.69. The molecule has 1 aromatic carbocycles. The molecule has 1 aliphatic carbocycles. The van der Waals surface area contributed by atoms with Gasteiger partial charge in [0.25, 0.3) is 5.91 Å². The molecular weight excluding hydrogens is 382 g/mol. The average Bonchev–Trinajstić information content (AvgIpc) is 3.43. The topological polar surface area (TPSA) is 113 Å². The Morgan fingerprint density at radius 3 is 2.70 bits per heavy atom. The van der Waals surface area contributed by atoms with Crippen molar-refractivity contribution in [2.24, 2.45) is 5.92 Å². The highest BCUT2D eigenvalue weighted by Crippen LogP contribution is 2.34. The van der Waals surface area contributed by atoms with Crippen LogP contribution in [0.15, 0.2) is 42.1 Å². The normalized spacial score (nSPS) is 18.6. The van der Waals surface area contributed by atoms with Crippen LogP contribution in [-0.4, -0.2) is 37.4 Å². The number of fused-ring (bicyclic) bond motifs is 1. The van der Waals surface area contributed by atoms with E-state index in [9.17, 15) is 9.59 Å². The number of para-hydroxylation sites is 1. The molecule has 2 aliphatic rings. The number of hydrogen-bond donors (Lipinski definition) is 3. The minimum Gasteiger partial charge on any atom is -0.351 e. The summed E-state index contributed by atoms with van der Waals surface area (Å²) in [4.78, 5) is 32.8. The monoisotopic (exact) mass is 403 g/mol. The van der Waals surface area contributed by atoms with E-state index in [0.717, 1.165) is 5.69 Å². The number of benzene rings is 1. The predicted molar refractivity (Wildman–Crippen MR) is 112 cm³/mol. The van der Waals surface area contributed by atoms with Crippen LogP contribution in [0.1, 0.15) is 31.7 Å². The molecule has 0 spiro atoms. The van der Waals surface area contributed by atoms with Crippen molar-refractivity contribution in [3.8, 4) is 0 Å². The summed E-state index contributed by atoms with van der Waals surface area (Å²) in [5.41, 5.74) is 2.46. The van der Waals surface area contributed by atoms with Crippen molar-refractivity contribution < 1.29 is 9.59 Å². The van der Waals surface area contributed by atoms with Gasteiger partial charge in [-0.05, 0) is 43.9 Å². The van der Waals surface area contributed by atoms with Crippen LogP contribution in [-0.2, 0) is 9.59 Å². The summed E-state index contributed by atoms with van der Waals surface area (Å²) in [5.74, 6) is 0.955. The lowest BCUT2D eigenvalue weighted by Gasteiger charge is -2.15. The first-order valence-electron chi connectivity index (χ1n) is 9.96. The molecule has 1 aliphatic heterocycles. The number of nitrogens with one attached hydrogen (secondary N) is 3. The Bertz CT molecular complexity index is 1160. The first-order valence-corrected chi connectivity index (χ1v) is 9.96. The second-order valence-electron chi connectivity index (χ2n) is 7.69. The van der Waals surface area contributed by atoms with Gasteiger partial charge in [0.15, 0.2) is 5.65 Å². The van der Waals surface area contributed by atoms with Crippen molar-refractivity contribution in [2.45, 2.75) is 32.2 Å². The molecule has 0 radical (unpaired) electrons. The van der Waals surface area contributed by atoms with Gasteiger partial charge in [0.2, 0.25) is 17.8 Å². The fourth-order valence-electron chi connectivity index (χ4n) is 3.52. The molecule has 0 bridgehead atoms. The van der Waals surface area contributed by atoms with E-state index >= 15 is 0 Å². The van der Waals surface area contributed by atoms with Crippen LogP contribution in [0.3, 0.4) is 0 Å². The van der Waals surface area contributed by atoms with Crippen molar-refractivity contribution in [3.63, 3.8) is 0 Å². The lowest BCUT2D eigenvalue weighted by atomic mass is 10.1. The van der Waals surface area contributed by atoms with Gasteiger partial charge in [-0.25, -0.2) is 0 Å². The summed E-state index contributed by atoms with van der Waals surface area (Å²) in [7, 11) is 0. The van der Waals surface area contributed by atoms with E-state index in [1.165, 1.54) is 12.8 Å². The number of amides is 2. The summed E-state index contributed by atoms with van der Waals surface area (Å²) < 4.78 is 1.60. The molecule has 2 aromatic heterocycles. The summed E-state index contributed by atoms with van der Waals surface area (Å²) in [6.45, 7) is 2.13. The summed E-state index contributed by atoms with van der Waals surface area (Å²) in [6.07, 6.45) is 5.75. The molecule has 9 nitrogen and oxygen atoms in total. The molecule has 30 heavy (non-hydrogen) atoms. The Morgan fingerprint density at radius 2 is 2.00 bits per heavy atom. The van der Waals surface area contributed by atoms with Gasteiger partial charge in [0.05, 0.1) is 12.6 Å². The van der Waals surface area contributed by atoms with E-state index in [1.807, 2.05) is 30.3 Å². The summed E-state index contributed by atoms with van der Waals surface area (Å²) in [6, 6.07) is 9.95. The third-order valence-corrected chi connectivity index (χ3v) is 5.34. The lowest BCUT2D eigenvalue weighted by Crippen LogP contribution is -2.20. The minimum atomic E-state index is -0.378. The maximum atomic E-state index is 12.0. The predicted octanol–water partition coefficient (Wildman–Crippen LogP) is 2.51. The van der Waals surface area contributed by atoms with Crippen LogP contribution in [0.5, 0.6) is 0 Å². The third kappa shape index (κ3) is 3.61. The Hall–Kier alpha value is -3.75. The smallest absolute Gasteiger partial charge is 0.254 e. The molecule has 5 rings (SSSR count). The number of hydrogen-bond acceptors (Lipinski definition) is 7. The van der Waals surface area contributed by atoms with Crippen molar-refractivity contribution in [2.75, 3.05) is 10.6 Å². The fourth-order valence-corrected chi connectivity index (χ4v) is 3.52. The number of imide groups is 1. The first-order chi connectivity index (χ1) is 14.6. The molecule has 1 saturated heterocycles. The van der Waals surface area contributed by atoms with Gasteiger partial charge in [-0.1, -0.05) is 18.2 Å². The van der Waals surface area contributed by atoms with Crippen LogP contribution in [0.4, 0.5) is 17.6 Å². The number of carbonyl (C=O) groups excluding carboxylic acids is 2. The SMILES string of the molecule is C[C@H](Nc1nc(Nc2ccccc2)n2ncc(C=C3CC(=O)NC3=O)c2n1)C1CC1. The molecule has 1 saturated carbocycles. The molecular formula is C21H21N7O2. The van der Waals surface area contributed by atoms with E-state index in [1.54, 1.807) is 16.8 Å². The van der Waals surface area contributed by atoms with Crippen LogP contribution >= 0.6 is 0 Å². The molecule has 0 unspecified atom stereocenters. The van der Waals surface area contributed by atoms with Crippen LogP contribution in [0.2, 0.25) is 0 Å². The van der Waals surface area contributed by atoms with Gasteiger partial charge >= 0.3 is 0 Å². The standard InChI is InChI=1S/C21H21N7O2/c1-12(13-7-8-13)23-20-26-18-15(9-14-10-17(29)25-19(14)30)11-22-28(18)21(27-20)24-16-5-3-2-4-6-16/h2-6,9,11-13H,7-8,10H2,1H3,(H,25,29,30)(H2,23,24,26,27)/t12-/m0/s1. The quantitative estimate of drug-likeness (QED) is 0.428. The maximum absolute atomic E-state index is 12.0. The van der Waals surface area contributed by atoms with Gasteiger partial charge in [0, 0.05) is 22.9 Å². The number of nitrogens with zero attached hydrogens (tertiary/aromatic N) is 4. The Morgan fingerprint density at radius 1 is 1.20 bits per heavy atom. The summed E-state index contributed by atoms with van der Waals surface area (Å²) in [5, 5.41) is 13.4. The van der Waals surface area contributed by atoms with Crippen LogP contribution in [0, 0.1) is 5.92 Å². The summed E-state index contributed by atoms with van der Waals surface area (Å²) >= 11 is 0. The zero-order valence-corrected chi connectivity index (χ0v) is 16.4.